The molecule has 0 aliphatic carbocycles. The average molecular weight is 473 g/mol. The van der Waals surface area contributed by atoms with E-state index in [1.54, 1.807) is 42.5 Å². The van der Waals surface area contributed by atoms with Crippen LogP contribution < -0.4 is 16.1 Å². The molecule has 1 unspecified atom stereocenters. The van der Waals surface area contributed by atoms with Gasteiger partial charge in [0.25, 0.3) is 11.1 Å². The molecule has 1 aliphatic heterocycles. The van der Waals surface area contributed by atoms with Crippen molar-refractivity contribution in [1.29, 1.82) is 0 Å². The summed E-state index contributed by atoms with van der Waals surface area (Å²) in [6.07, 6.45) is 0.408. The molecule has 2 aromatic carbocycles. The van der Waals surface area contributed by atoms with Crippen LogP contribution in [-0.2, 0) is 11.2 Å². The van der Waals surface area contributed by atoms with E-state index in [4.69, 9.17) is 4.42 Å². The third kappa shape index (κ3) is 4.25. The number of carbonyl (C=O) groups is 3. The van der Waals surface area contributed by atoms with Crippen molar-refractivity contribution in [2.24, 2.45) is 0 Å². The Kier molecular flexibility index (Phi) is 5.25. The Morgan fingerprint density at radius 1 is 1.10 bits per heavy atom. The number of nitrogens with one attached hydrogen (secondary N) is 2. The predicted octanol–water partition coefficient (Wildman–Crippen LogP) is 3.70. The fraction of sp³-hybridized carbons (Fsp3) is 0.100. The van der Waals surface area contributed by atoms with Gasteiger partial charge in [-0.1, -0.05) is 39.8 Å². The monoisotopic (exact) mass is 472 g/mol. The smallest absolute Gasteiger partial charge is 0.291 e. The van der Waals surface area contributed by atoms with Crippen molar-refractivity contribution in [1.82, 2.24) is 5.32 Å². The Balaban J connectivity index is 1.48. The topological polar surface area (TPSA) is 105 Å². The van der Waals surface area contributed by atoms with Crippen molar-refractivity contribution in [2.75, 3.05) is 5.32 Å². The van der Waals surface area contributed by atoms with Crippen molar-refractivity contribution < 1.29 is 18.8 Å². The zero-order valence-electron chi connectivity index (χ0n) is 14.7. The van der Waals surface area contributed by atoms with Crippen molar-refractivity contribution in [3.8, 4) is 0 Å². The second-order valence-corrected chi connectivity index (χ2v) is 8.44. The van der Waals surface area contributed by atoms with Gasteiger partial charge in [-0.3, -0.25) is 24.5 Å². The average Bonchev–Trinajstić information content (AvgIpc) is 3.00. The summed E-state index contributed by atoms with van der Waals surface area (Å²) in [4.78, 5) is 47.6. The lowest BCUT2D eigenvalue weighted by Crippen LogP contribution is -2.25. The van der Waals surface area contributed by atoms with Gasteiger partial charge in [0.2, 0.25) is 5.91 Å². The summed E-state index contributed by atoms with van der Waals surface area (Å²) in [5.74, 6) is -0.932. The van der Waals surface area contributed by atoms with Crippen LogP contribution in [0.4, 0.5) is 10.5 Å². The number of anilines is 1. The lowest BCUT2D eigenvalue weighted by atomic mass is 10.1. The zero-order valence-corrected chi connectivity index (χ0v) is 17.1. The van der Waals surface area contributed by atoms with E-state index >= 15 is 0 Å². The Bertz CT molecular complexity index is 1210. The molecule has 29 heavy (non-hydrogen) atoms. The molecule has 1 fully saturated rings. The van der Waals surface area contributed by atoms with Crippen molar-refractivity contribution in [3.63, 3.8) is 0 Å². The number of halogens is 1. The fourth-order valence-electron chi connectivity index (χ4n) is 2.90. The minimum absolute atomic E-state index is 0.0913. The Morgan fingerprint density at radius 2 is 1.86 bits per heavy atom. The number of hydrogen-bond acceptors (Lipinski definition) is 6. The van der Waals surface area contributed by atoms with Crippen molar-refractivity contribution >= 4 is 61.4 Å². The minimum atomic E-state index is -0.545. The maximum Gasteiger partial charge on any atom is 0.291 e. The van der Waals surface area contributed by atoms with Crippen LogP contribution >= 0.6 is 27.7 Å². The van der Waals surface area contributed by atoms with Gasteiger partial charge in [-0.15, -0.1) is 0 Å². The van der Waals surface area contributed by atoms with E-state index in [0.717, 1.165) is 27.9 Å². The number of carbonyl (C=O) groups excluding carboxylic acids is 3. The second kappa shape index (κ2) is 7.84. The number of hydrogen-bond donors (Lipinski definition) is 2. The fourth-order valence-corrected chi connectivity index (χ4v) is 4.12. The highest BCUT2D eigenvalue weighted by Gasteiger charge is 2.31. The lowest BCUT2D eigenvalue weighted by molar-refractivity contribution is -0.118. The molecule has 0 bridgehead atoms. The number of rotatable bonds is 4. The van der Waals surface area contributed by atoms with E-state index in [1.165, 1.54) is 0 Å². The largest absolute Gasteiger partial charge is 0.451 e. The van der Waals surface area contributed by atoms with Crippen LogP contribution in [0.15, 0.2) is 62.2 Å². The molecular formula is C20H13BrN2O5S. The summed E-state index contributed by atoms with van der Waals surface area (Å²) < 4.78 is 6.30. The van der Waals surface area contributed by atoms with Gasteiger partial charge in [-0.05, 0) is 42.3 Å². The van der Waals surface area contributed by atoms with Gasteiger partial charge in [0.15, 0.2) is 11.2 Å². The molecule has 3 amide bonds. The summed E-state index contributed by atoms with van der Waals surface area (Å²) in [5.41, 5.74) is 1.38. The number of imide groups is 1. The number of thioether (sulfide) groups is 1. The summed E-state index contributed by atoms with van der Waals surface area (Å²) in [6, 6.07) is 13.0. The second-order valence-electron chi connectivity index (χ2n) is 6.35. The van der Waals surface area contributed by atoms with Crippen LogP contribution in [-0.4, -0.2) is 22.3 Å². The van der Waals surface area contributed by atoms with Gasteiger partial charge in [0.1, 0.15) is 5.58 Å². The highest BCUT2D eigenvalue weighted by atomic mass is 79.9. The van der Waals surface area contributed by atoms with Crippen LogP contribution in [0.5, 0.6) is 0 Å². The molecule has 7 nitrogen and oxygen atoms in total. The highest BCUT2D eigenvalue weighted by molar-refractivity contribution is 9.10. The van der Waals surface area contributed by atoms with Crippen molar-refractivity contribution in [3.05, 3.63) is 74.6 Å². The highest BCUT2D eigenvalue weighted by Crippen LogP contribution is 2.24. The third-order valence-corrected chi connectivity index (χ3v) is 5.79. The molecule has 4 rings (SSSR count). The SMILES string of the molecule is O=C1NC(=O)C(Cc2ccc(NC(=O)c3cc(=O)c4cc(Br)ccc4o3)cc2)S1. The molecule has 1 atom stereocenters. The van der Waals surface area contributed by atoms with Crippen LogP contribution in [0.25, 0.3) is 11.0 Å². The molecule has 3 aromatic rings. The zero-order chi connectivity index (χ0) is 20.5. The van der Waals surface area contributed by atoms with E-state index in [9.17, 15) is 19.2 Å². The predicted molar refractivity (Wildman–Crippen MR) is 113 cm³/mol. The Hall–Kier alpha value is -2.91. The minimum Gasteiger partial charge on any atom is -0.451 e. The summed E-state index contributed by atoms with van der Waals surface area (Å²) in [6.45, 7) is 0. The van der Waals surface area contributed by atoms with Gasteiger partial charge in [-0.25, -0.2) is 0 Å². The molecule has 9 heteroatoms. The quantitative estimate of drug-likeness (QED) is 0.599. The van der Waals surface area contributed by atoms with Crippen LogP contribution in [0.1, 0.15) is 16.1 Å². The van der Waals surface area contributed by atoms with E-state index in [-0.39, 0.29) is 22.3 Å². The number of benzene rings is 2. The molecule has 146 valence electrons. The first-order valence-electron chi connectivity index (χ1n) is 8.54. The van der Waals surface area contributed by atoms with Crippen molar-refractivity contribution in [2.45, 2.75) is 11.7 Å². The van der Waals surface area contributed by atoms with E-state index in [2.05, 4.69) is 26.6 Å². The molecule has 1 saturated heterocycles. The van der Waals surface area contributed by atoms with E-state index in [1.807, 2.05) is 0 Å². The first kappa shape index (κ1) is 19.4. The summed E-state index contributed by atoms with van der Waals surface area (Å²) in [5, 5.41) is 4.52. The van der Waals surface area contributed by atoms with Crippen LogP contribution in [0.2, 0.25) is 0 Å². The number of fused-ring (bicyclic) bond motifs is 1. The van der Waals surface area contributed by atoms with Gasteiger partial charge >= 0.3 is 0 Å². The summed E-state index contributed by atoms with van der Waals surface area (Å²) in [7, 11) is 0. The molecule has 2 heterocycles. The first-order chi connectivity index (χ1) is 13.9. The van der Waals surface area contributed by atoms with Gasteiger partial charge in [-0.2, -0.15) is 0 Å². The third-order valence-electron chi connectivity index (χ3n) is 4.31. The van der Waals surface area contributed by atoms with Gasteiger partial charge in [0, 0.05) is 16.2 Å². The molecule has 1 aliphatic rings. The number of amides is 3. The molecular weight excluding hydrogens is 460 g/mol. The van der Waals surface area contributed by atoms with Gasteiger partial charge < -0.3 is 9.73 Å². The molecule has 1 aromatic heterocycles. The van der Waals surface area contributed by atoms with Crippen LogP contribution in [0.3, 0.4) is 0 Å². The van der Waals surface area contributed by atoms with Crippen LogP contribution in [0, 0.1) is 0 Å². The molecule has 2 N–H and O–H groups in total. The maximum absolute atomic E-state index is 12.5. The van der Waals surface area contributed by atoms with E-state index < -0.39 is 11.2 Å². The normalized spacial score (nSPS) is 16.1. The maximum atomic E-state index is 12.5. The standard InChI is InChI=1S/C20H13BrN2O5S/c21-11-3-6-15-13(8-11)14(24)9-16(28-15)18(25)22-12-4-1-10(2-5-12)7-17-19(26)23-20(27)29-17/h1-6,8-9,17H,7H2,(H,22,25)(H,23,26,27). The first-order valence-corrected chi connectivity index (χ1v) is 10.2. The molecule has 0 radical (unpaired) electrons. The Morgan fingerprint density at radius 3 is 2.55 bits per heavy atom. The molecule has 0 saturated carbocycles. The van der Waals surface area contributed by atoms with E-state index in [0.29, 0.717) is 23.1 Å². The summed E-state index contributed by atoms with van der Waals surface area (Å²) >= 11 is 4.27. The lowest BCUT2D eigenvalue weighted by Gasteiger charge is -2.08. The van der Waals surface area contributed by atoms with Gasteiger partial charge in [0.05, 0.1) is 10.6 Å². The Labute approximate surface area is 177 Å². The molecule has 0 spiro atoms.